The molecule has 0 N–H and O–H groups in total. The van der Waals surface area contributed by atoms with E-state index in [1.54, 1.807) is 6.07 Å². The first-order valence-corrected chi connectivity index (χ1v) is 6.46. The maximum atomic E-state index is 11.9. The Morgan fingerprint density at radius 3 is 2.82 bits per heavy atom. The maximum absolute atomic E-state index is 11.9. The van der Waals surface area contributed by atoms with Crippen molar-refractivity contribution in [1.29, 1.82) is 0 Å². The van der Waals surface area contributed by atoms with E-state index in [1.807, 2.05) is 19.1 Å². The third-order valence-electron chi connectivity index (χ3n) is 3.33. The van der Waals surface area contributed by atoms with E-state index in [0.29, 0.717) is 10.8 Å². The summed E-state index contributed by atoms with van der Waals surface area (Å²) in [5, 5.41) is 0.638. The third kappa shape index (κ3) is 3.22. The number of benzene rings is 1. The minimum atomic E-state index is 0.172. The second-order valence-electron chi connectivity index (χ2n) is 4.65. The van der Waals surface area contributed by atoms with Crippen LogP contribution < -0.4 is 4.74 Å². The Morgan fingerprint density at radius 1 is 1.41 bits per heavy atom. The van der Waals surface area contributed by atoms with Crippen LogP contribution in [0.4, 0.5) is 0 Å². The average molecular weight is 253 g/mol. The van der Waals surface area contributed by atoms with Crippen molar-refractivity contribution in [2.24, 2.45) is 5.92 Å². The Kier molecular flexibility index (Phi) is 4.06. The van der Waals surface area contributed by atoms with Crippen molar-refractivity contribution in [2.45, 2.75) is 32.6 Å². The monoisotopic (exact) mass is 252 g/mol. The lowest BCUT2D eigenvalue weighted by atomic mass is 10.0. The van der Waals surface area contributed by atoms with Gasteiger partial charge in [0.15, 0.2) is 5.78 Å². The van der Waals surface area contributed by atoms with E-state index < -0.39 is 0 Å². The number of aryl methyl sites for hydroxylation is 1. The summed E-state index contributed by atoms with van der Waals surface area (Å²) in [5.41, 5.74) is 1.01. The van der Waals surface area contributed by atoms with E-state index in [1.165, 1.54) is 12.8 Å². The van der Waals surface area contributed by atoms with Gasteiger partial charge in [-0.3, -0.25) is 4.79 Å². The molecule has 1 aliphatic rings. The smallest absolute Gasteiger partial charge is 0.173 e. The fraction of sp³-hybridized carbons (Fsp3) is 0.500. The minimum absolute atomic E-state index is 0.172. The van der Waals surface area contributed by atoms with Crippen molar-refractivity contribution in [3.63, 3.8) is 0 Å². The van der Waals surface area contributed by atoms with Crippen molar-refractivity contribution in [1.82, 2.24) is 0 Å². The summed E-state index contributed by atoms with van der Waals surface area (Å²) in [6.07, 6.45) is 4.40. The van der Waals surface area contributed by atoms with Crippen LogP contribution in [0.2, 0.25) is 5.02 Å². The number of Topliss-reactive ketones (excluding diaryl/α,β-unsaturated/α-hetero) is 1. The highest BCUT2D eigenvalue weighted by atomic mass is 35.5. The molecular formula is C14H17ClO2. The average Bonchev–Trinajstić information content (AvgIpc) is 2.83. The van der Waals surface area contributed by atoms with Crippen LogP contribution in [0.15, 0.2) is 18.2 Å². The molecule has 1 aromatic rings. The van der Waals surface area contributed by atoms with Gasteiger partial charge in [-0.25, -0.2) is 0 Å². The van der Waals surface area contributed by atoms with Gasteiger partial charge in [0.2, 0.25) is 0 Å². The molecule has 2 nitrogen and oxygen atoms in total. The number of ether oxygens (including phenoxy) is 1. The van der Waals surface area contributed by atoms with Crippen LogP contribution in [0.1, 0.15) is 31.2 Å². The van der Waals surface area contributed by atoms with Gasteiger partial charge >= 0.3 is 0 Å². The van der Waals surface area contributed by atoms with E-state index in [2.05, 4.69) is 0 Å². The Bertz CT molecular complexity index is 409. The fourth-order valence-corrected chi connectivity index (χ4v) is 2.41. The summed E-state index contributed by atoms with van der Waals surface area (Å²) in [4.78, 5) is 11.9. The zero-order chi connectivity index (χ0) is 12.3. The molecule has 92 valence electrons. The largest absolute Gasteiger partial charge is 0.486 e. The number of hydrogen-bond donors (Lipinski definition) is 0. The number of hydrogen-bond acceptors (Lipinski definition) is 2. The van der Waals surface area contributed by atoms with Gasteiger partial charge in [-0.2, -0.15) is 0 Å². The van der Waals surface area contributed by atoms with Crippen LogP contribution >= 0.6 is 11.6 Å². The first kappa shape index (κ1) is 12.4. The molecule has 0 bridgehead atoms. The molecule has 0 saturated heterocycles. The van der Waals surface area contributed by atoms with Crippen LogP contribution in [-0.2, 0) is 4.79 Å². The van der Waals surface area contributed by atoms with E-state index in [4.69, 9.17) is 16.3 Å². The predicted octanol–water partition coefficient (Wildman–Crippen LogP) is 3.79. The molecule has 0 unspecified atom stereocenters. The molecule has 3 heteroatoms. The SMILES string of the molecule is Cc1ccc(Cl)cc1OCC(=O)C1CCCC1. The van der Waals surface area contributed by atoms with Crippen molar-refractivity contribution in [3.8, 4) is 5.75 Å². The second-order valence-corrected chi connectivity index (χ2v) is 5.08. The number of carbonyl (C=O) groups excluding carboxylic acids is 1. The Balaban J connectivity index is 1.92. The molecule has 0 aliphatic heterocycles. The first-order valence-electron chi connectivity index (χ1n) is 6.08. The highest BCUT2D eigenvalue weighted by molar-refractivity contribution is 6.30. The van der Waals surface area contributed by atoms with Crippen LogP contribution in [0.5, 0.6) is 5.75 Å². The normalized spacial score (nSPS) is 16.1. The summed E-state index contributed by atoms with van der Waals surface area (Å²) in [7, 11) is 0. The Morgan fingerprint density at radius 2 is 2.12 bits per heavy atom. The molecule has 0 amide bonds. The summed E-state index contributed by atoms with van der Waals surface area (Å²) >= 11 is 5.89. The molecule has 0 heterocycles. The van der Waals surface area contributed by atoms with Crippen molar-refractivity contribution < 1.29 is 9.53 Å². The lowest BCUT2D eigenvalue weighted by Crippen LogP contribution is -2.19. The quantitative estimate of drug-likeness (QED) is 0.815. The number of carbonyl (C=O) groups is 1. The zero-order valence-corrected chi connectivity index (χ0v) is 10.8. The zero-order valence-electron chi connectivity index (χ0n) is 10.0. The highest BCUT2D eigenvalue weighted by Gasteiger charge is 2.22. The summed E-state index contributed by atoms with van der Waals surface area (Å²) in [5.74, 6) is 1.15. The van der Waals surface area contributed by atoms with Gasteiger partial charge in [0.05, 0.1) is 0 Å². The van der Waals surface area contributed by atoms with E-state index in [9.17, 15) is 4.79 Å². The molecule has 1 fully saturated rings. The van der Waals surface area contributed by atoms with Crippen molar-refractivity contribution in [3.05, 3.63) is 28.8 Å². The molecule has 0 aromatic heterocycles. The summed E-state index contributed by atoms with van der Waals surface area (Å²) in [6, 6.07) is 5.49. The molecule has 2 rings (SSSR count). The van der Waals surface area contributed by atoms with Crippen LogP contribution in [0, 0.1) is 12.8 Å². The lowest BCUT2D eigenvalue weighted by molar-refractivity contribution is -0.124. The number of rotatable bonds is 4. The highest BCUT2D eigenvalue weighted by Crippen LogP contribution is 2.27. The standard InChI is InChI=1S/C14H17ClO2/c1-10-6-7-12(15)8-14(10)17-9-13(16)11-4-2-3-5-11/h6-8,11H,2-5,9H2,1H3. The third-order valence-corrected chi connectivity index (χ3v) is 3.57. The predicted molar refractivity (Wildman–Crippen MR) is 68.6 cm³/mol. The van der Waals surface area contributed by atoms with Gasteiger partial charge in [0.1, 0.15) is 12.4 Å². The molecule has 1 saturated carbocycles. The van der Waals surface area contributed by atoms with Crippen molar-refractivity contribution >= 4 is 17.4 Å². The van der Waals surface area contributed by atoms with Gasteiger partial charge in [0, 0.05) is 10.9 Å². The first-order chi connectivity index (χ1) is 8.16. The molecule has 0 atom stereocenters. The molecule has 0 radical (unpaired) electrons. The molecule has 17 heavy (non-hydrogen) atoms. The number of ketones is 1. The molecule has 1 aliphatic carbocycles. The molecule has 0 spiro atoms. The van der Waals surface area contributed by atoms with Gasteiger partial charge in [0.25, 0.3) is 0 Å². The van der Waals surface area contributed by atoms with Gasteiger partial charge in [-0.15, -0.1) is 0 Å². The maximum Gasteiger partial charge on any atom is 0.173 e. The lowest BCUT2D eigenvalue weighted by Gasteiger charge is -2.11. The van der Waals surface area contributed by atoms with E-state index in [0.717, 1.165) is 18.4 Å². The van der Waals surface area contributed by atoms with E-state index >= 15 is 0 Å². The second kappa shape index (κ2) is 5.54. The van der Waals surface area contributed by atoms with E-state index in [-0.39, 0.29) is 18.3 Å². The Hall–Kier alpha value is -1.02. The fourth-order valence-electron chi connectivity index (χ4n) is 2.24. The van der Waals surface area contributed by atoms with Crippen LogP contribution in [-0.4, -0.2) is 12.4 Å². The summed E-state index contributed by atoms with van der Waals surface area (Å²) in [6.45, 7) is 2.12. The molecular weight excluding hydrogens is 236 g/mol. The molecule has 1 aromatic carbocycles. The summed E-state index contributed by atoms with van der Waals surface area (Å²) < 4.78 is 5.56. The van der Waals surface area contributed by atoms with Crippen molar-refractivity contribution in [2.75, 3.05) is 6.61 Å². The Labute approximate surface area is 107 Å². The minimum Gasteiger partial charge on any atom is -0.486 e. The van der Waals surface area contributed by atoms with Crippen LogP contribution in [0.3, 0.4) is 0 Å². The number of halogens is 1. The van der Waals surface area contributed by atoms with Gasteiger partial charge in [-0.05, 0) is 37.5 Å². The van der Waals surface area contributed by atoms with Gasteiger partial charge in [-0.1, -0.05) is 30.5 Å². The topological polar surface area (TPSA) is 26.3 Å². The van der Waals surface area contributed by atoms with Crippen LogP contribution in [0.25, 0.3) is 0 Å². The van der Waals surface area contributed by atoms with Gasteiger partial charge < -0.3 is 4.74 Å².